The zero-order chi connectivity index (χ0) is 15.1. The molecule has 112 valence electrons. The number of nitrogens with one attached hydrogen (secondary N) is 1. The standard InChI is InChI=1S/C17H20BrNOS/c1-2-19-14(10-13-6-5-7-15(20)11-13)12-21-17-9-4-3-8-16(17)18/h3-9,11,14,19-20H,2,10,12H2,1H3. The maximum atomic E-state index is 9.57. The van der Waals surface area contributed by atoms with Crippen LogP contribution in [0.3, 0.4) is 0 Å². The molecule has 2 aromatic carbocycles. The van der Waals surface area contributed by atoms with Crippen molar-refractivity contribution in [3.05, 3.63) is 58.6 Å². The van der Waals surface area contributed by atoms with Gasteiger partial charge in [-0.05, 0) is 58.7 Å². The molecule has 0 aliphatic rings. The van der Waals surface area contributed by atoms with Gasteiger partial charge in [0, 0.05) is 21.2 Å². The molecule has 2 N–H and O–H groups in total. The largest absolute Gasteiger partial charge is 0.508 e. The van der Waals surface area contributed by atoms with Crippen LogP contribution in [0, 0.1) is 0 Å². The third-order valence-electron chi connectivity index (χ3n) is 3.16. The highest BCUT2D eigenvalue weighted by atomic mass is 79.9. The van der Waals surface area contributed by atoms with Crippen molar-refractivity contribution in [1.82, 2.24) is 5.32 Å². The van der Waals surface area contributed by atoms with Crippen LogP contribution in [-0.4, -0.2) is 23.4 Å². The first kappa shape index (κ1) is 16.4. The van der Waals surface area contributed by atoms with Crippen LogP contribution in [0.1, 0.15) is 12.5 Å². The zero-order valence-corrected chi connectivity index (χ0v) is 14.5. The second-order valence-electron chi connectivity index (χ2n) is 4.87. The van der Waals surface area contributed by atoms with E-state index in [-0.39, 0.29) is 0 Å². The van der Waals surface area contributed by atoms with E-state index in [1.54, 1.807) is 6.07 Å². The van der Waals surface area contributed by atoms with Crippen LogP contribution in [0.15, 0.2) is 57.9 Å². The van der Waals surface area contributed by atoms with E-state index in [2.05, 4.69) is 52.4 Å². The minimum absolute atomic E-state index is 0.334. The van der Waals surface area contributed by atoms with E-state index in [1.165, 1.54) is 4.90 Å². The van der Waals surface area contributed by atoms with Crippen LogP contribution >= 0.6 is 27.7 Å². The SMILES string of the molecule is CCNC(CSc1ccccc1Br)Cc1cccc(O)c1. The number of rotatable bonds is 7. The van der Waals surface area contributed by atoms with Crippen molar-refractivity contribution >= 4 is 27.7 Å². The Morgan fingerprint density at radius 2 is 2.00 bits per heavy atom. The molecule has 0 spiro atoms. The summed E-state index contributed by atoms with van der Waals surface area (Å²) in [7, 11) is 0. The summed E-state index contributed by atoms with van der Waals surface area (Å²) in [5.41, 5.74) is 1.16. The second-order valence-corrected chi connectivity index (χ2v) is 6.79. The van der Waals surface area contributed by atoms with Gasteiger partial charge < -0.3 is 10.4 Å². The van der Waals surface area contributed by atoms with E-state index in [1.807, 2.05) is 30.0 Å². The Hall–Kier alpha value is -0.970. The number of phenols is 1. The van der Waals surface area contributed by atoms with E-state index >= 15 is 0 Å². The lowest BCUT2D eigenvalue weighted by molar-refractivity contribution is 0.473. The molecule has 0 aliphatic heterocycles. The Morgan fingerprint density at radius 1 is 1.19 bits per heavy atom. The molecule has 21 heavy (non-hydrogen) atoms. The summed E-state index contributed by atoms with van der Waals surface area (Å²) in [6, 6.07) is 16.2. The van der Waals surface area contributed by atoms with Gasteiger partial charge in [0.1, 0.15) is 5.75 Å². The van der Waals surface area contributed by atoms with Crippen molar-refractivity contribution in [2.75, 3.05) is 12.3 Å². The molecule has 0 saturated heterocycles. The van der Waals surface area contributed by atoms with Gasteiger partial charge >= 0.3 is 0 Å². The number of likely N-dealkylation sites (N-methyl/N-ethyl adjacent to an activating group) is 1. The Bertz CT molecular complexity index is 576. The van der Waals surface area contributed by atoms with Crippen molar-refractivity contribution in [2.45, 2.75) is 24.3 Å². The van der Waals surface area contributed by atoms with Crippen molar-refractivity contribution in [1.29, 1.82) is 0 Å². The minimum atomic E-state index is 0.334. The predicted octanol–water partition coefficient (Wildman–Crippen LogP) is 4.47. The molecule has 0 aromatic heterocycles. The normalized spacial score (nSPS) is 12.3. The molecule has 2 nitrogen and oxygen atoms in total. The number of hydrogen-bond acceptors (Lipinski definition) is 3. The summed E-state index contributed by atoms with van der Waals surface area (Å²) in [6.45, 7) is 3.07. The molecule has 1 unspecified atom stereocenters. The van der Waals surface area contributed by atoms with Gasteiger partial charge in [0.25, 0.3) is 0 Å². The highest BCUT2D eigenvalue weighted by Crippen LogP contribution is 2.28. The molecule has 0 fully saturated rings. The topological polar surface area (TPSA) is 32.3 Å². The molecule has 0 bridgehead atoms. The molecule has 0 amide bonds. The van der Waals surface area contributed by atoms with Gasteiger partial charge in [-0.15, -0.1) is 11.8 Å². The number of hydrogen-bond donors (Lipinski definition) is 2. The average molecular weight is 366 g/mol. The lowest BCUT2D eigenvalue weighted by Crippen LogP contribution is -2.33. The van der Waals surface area contributed by atoms with Crippen molar-refractivity contribution in [3.8, 4) is 5.75 Å². The minimum Gasteiger partial charge on any atom is -0.508 e. The highest BCUT2D eigenvalue weighted by molar-refractivity contribution is 9.10. The Balaban J connectivity index is 1.97. The molecule has 0 heterocycles. The maximum absolute atomic E-state index is 9.57. The van der Waals surface area contributed by atoms with Crippen LogP contribution < -0.4 is 5.32 Å². The molecular formula is C17H20BrNOS. The van der Waals surface area contributed by atoms with E-state index < -0.39 is 0 Å². The predicted molar refractivity (Wildman–Crippen MR) is 94.1 cm³/mol. The summed E-state index contributed by atoms with van der Waals surface area (Å²) >= 11 is 5.43. The van der Waals surface area contributed by atoms with Gasteiger partial charge in [0.05, 0.1) is 0 Å². The van der Waals surface area contributed by atoms with Crippen molar-refractivity contribution in [2.24, 2.45) is 0 Å². The summed E-state index contributed by atoms with van der Waals surface area (Å²) in [5, 5.41) is 13.1. The van der Waals surface area contributed by atoms with Gasteiger partial charge in [-0.1, -0.05) is 31.2 Å². The molecule has 0 aliphatic carbocycles. The third kappa shape index (κ3) is 5.38. The monoisotopic (exact) mass is 365 g/mol. The molecular weight excluding hydrogens is 346 g/mol. The molecule has 0 saturated carbocycles. The zero-order valence-electron chi connectivity index (χ0n) is 12.1. The number of aromatic hydroxyl groups is 1. The highest BCUT2D eigenvalue weighted by Gasteiger charge is 2.10. The third-order valence-corrected chi connectivity index (χ3v) is 5.35. The van der Waals surface area contributed by atoms with Gasteiger partial charge in [0.15, 0.2) is 0 Å². The second kappa shape index (κ2) is 8.47. The van der Waals surface area contributed by atoms with Gasteiger partial charge in [-0.3, -0.25) is 0 Å². The van der Waals surface area contributed by atoms with E-state index in [0.717, 1.165) is 28.8 Å². The van der Waals surface area contributed by atoms with Gasteiger partial charge in [-0.25, -0.2) is 0 Å². The van der Waals surface area contributed by atoms with Crippen molar-refractivity contribution < 1.29 is 5.11 Å². The van der Waals surface area contributed by atoms with Gasteiger partial charge in [-0.2, -0.15) is 0 Å². The average Bonchev–Trinajstić information content (AvgIpc) is 2.46. The fourth-order valence-corrected chi connectivity index (χ4v) is 3.82. The first-order valence-corrected chi connectivity index (χ1v) is 8.85. The molecule has 2 rings (SSSR count). The fraction of sp³-hybridized carbons (Fsp3) is 0.294. The lowest BCUT2D eigenvalue weighted by atomic mass is 10.1. The van der Waals surface area contributed by atoms with Gasteiger partial charge in [0.2, 0.25) is 0 Å². The molecule has 1 atom stereocenters. The number of thioether (sulfide) groups is 1. The summed E-state index contributed by atoms with van der Waals surface area (Å²) in [5.74, 6) is 1.33. The number of phenolic OH excluding ortho intramolecular Hbond substituents is 1. The molecule has 0 radical (unpaired) electrons. The number of halogens is 1. The van der Waals surface area contributed by atoms with Crippen LogP contribution in [0.4, 0.5) is 0 Å². The summed E-state index contributed by atoms with van der Waals surface area (Å²) < 4.78 is 1.14. The Kier molecular flexibility index (Phi) is 6.61. The van der Waals surface area contributed by atoms with Crippen LogP contribution in [0.25, 0.3) is 0 Å². The quantitative estimate of drug-likeness (QED) is 0.710. The van der Waals surface area contributed by atoms with E-state index in [0.29, 0.717) is 11.8 Å². The van der Waals surface area contributed by atoms with Crippen molar-refractivity contribution in [3.63, 3.8) is 0 Å². The van der Waals surface area contributed by atoms with Crippen LogP contribution in [0.2, 0.25) is 0 Å². The van der Waals surface area contributed by atoms with E-state index in [9.17, 15) is 5.11 Å². The Labute approximate surface area is 139 Å². The van der Waals surface area contributed by atoms with E-state index in [4.69, 9.17) is 0 Å². The Morgan fingerprint density at radius 3 is 2.71 bits per heavy atom. The molecule has 4 heteroatoms. The first-order chi connectivity index (χ1) is 10.2. The maximum Gasteiger partial charge on any atom is 0.115 e. The summed E-state index contributed by atoms with van der Waals surface area (Å²) in [4.78, 5) is 1.26. The smallest absolute Gasteiger partial charge is 0.115 e. The first-order valence-electron chi connectivity index (χ1n) is 7.07. The number of benzene rings is 2. The lowest BCUT2D eigenvalue weighted by Gasteiger charge is -2.18. The fourth-order valence-electron chi connectivity index (χ4n) is 2.20. The van der Waals surface area contributed by atoms with Crippen LogP contribution in [-0.2, 0) is 6.42 Å². The molecule has 2 aromatic rings. The van der Waals surface area contributed by atoms with Crippen LogP contribution in [0.5, 0.6) is 5.75 Å². The summed E-state index contributed by atoms with van der Waals surface area (Å²) in [6.07, 6.45) is 0.916.